The van der Waals surface area contributed by atoms with Crippen molar-refractivity contribution in [3.63, 3.8) is 0 Å². The molecule has 0 spiro atoms. The number of aryl methyl sites for hydroxylation is 1. The van der Waals surface area contributed by atoms with Gasteiger partial charge in [0.2, 0.25) is 0 Å². The lowest BCUT2D eigenvalue weighted by Crippen LogP contribution is -2.23. The molecule has 22 heavy (non-hydrogen) atoms. The summed E-state index contributed by atoms with van der Waals surface area (Å²) in [5.41, 5.74) is 3.11. The average Bonchev–Trinajstić information content (AvgIpc) is 3.00. The quantitative estimate of drug-likeness (QED) is 0.819. The third kappa shape index (κ3) is 3.33. The monoisotopic (exact) mass is 305 g/mol. The molecule has 0 aliphatic carbocycles. The highest BCUT2D eigenvalue weighted by molar-refractivity contribution is 5.95. The summed E-state index contributed by atoms with van der Waals surface area (Å²) in [5, 5.41) is 18.9. The summed E-state index contributed by atoms with van der Waals surface area (Å²) < 4.78 is 3.28. The topological polar surface area (TPSA) is 102 Å². The molecular weight excluding hydrogens is 286 g/mol. The minimum atomic E-state index is -0.993. The van der Waals surface area contributed by atoms with Crippen LogP contribution in [0.5, 0.6) is 0 Å². The van der Waals surface area contributed by atoms with Crippen LogP contribution in [0.3, 0.4) is 0 Å². The van der Waals surface area contributed by atoms with Gasteiger partial charge in [-0.3, -0.25) is 9.59 Å². The second kappa shape index (κ2) is 6.42. The van der Waals surface area contributed by atoms with Crippen LogP contribution in [0, 0.1) is 13.8 Å². The molecule has 0 aliphatic heterocycles. The van der Waals surface area contributed by atoms with E-state index in [0.717, 1.165) is 17.9 Å². The first kappa shape index (κ1) is 15.7. The SMILES string of the molecule is CCn1c(C)cc(C(=O)NCc2cn(CC(=O)O)nn2)c1C. The van der Waals surface area contributed by atoms with Crippen LogP contribution in [-0.2, 0) is 24.4 Å². The molecule has 8 nitrogen and oxygen atoms in total. The van der Waals surface area contributed by atoms with Gasteiger partial charge in [0.25, 0.3) is 5.91 Å². The van der Waals surface area contributed by atoms with E-state index in [-0.39, 0.29) is 19.0 Å². The van der Waals surface area contributed by atoms with Gasteiger partial charge in [0.1, 0.15) is 12.2 Å². The number of hydrogen-bond donors (Lipinski definition) is 2. The van der Waals surface area contributed by atoms with Gasteiger partial charge in [-0.15, -0.1) is 5.10 Å². The highest BCUT2D eigenvalue weighted by Crippen LogP contribution is 2.14. The molecule has 0 unspecified atom stereocenters. The van der Waals surface area contributed by atoms with Crippen molar-refractivity contribution in [3.8, 4) is 0 Å². The third-order valence-corrected chi connectivity index (χ3v) is 3.45. The predicted octanol–water partition coefficient (Wildman–Crippen LogP) is 0.731. The minimum absolute atomic E-state index is 0.180. The first-order valence-electron chi connectivity index (χ1n) is 6.98. The van der Waals surface area contributed by atoms with Crippen molar-refractivity contribution in [2.75, 3.05) is 0 Å². The molecule has 0 atom stereocenters. The molecule has 0 saturated heterocycles. The Morgan fingerprint density at radius 2 is 2.09 bits per heavy atom. The van der Waals surface area contributed by atoms with Gasteiger partial charge in [-0.1, -0.05) is 5.21 Å². The third-order valence-electron chi connectivity index (χ3n) is 3.45. The van der Waals surface area contributed by atoms with E-state index in [1.807, 2.05) is 26.8 Å². The van der Waals surface area contributed by atoms with Crippen molar-refractivity contribution >= 4 is 11.9 Å². The lowest BCUT2D eigenvalue weighted by Gasteiger charge is -2.06. The number of carboxylic acid groups (broad SMARTS) is 1. The zero-order valence-electron chi connectivity index (χ0n) is 12.8. The summed E-state index contributed by atoms with van der Waals surface area (Å²) in [6, 6.07) is 1.86. The maximum atomic E-state index is 12.2. The van der Waals surface area contributed by atoms with Gasteiger partial charge in [0.15, 0.2) is 0 Å². The molecule has 2 N–H and O–H groups in total. The number of aromatic nitrogens is 4. The first-order valence-corrected chi connectivity index (χ1v) is 6.98. The number of amides is 1. The van der Waals surface area contributed by atoms with Crippen LogP contribution in [-0.4, -0.2) is 36.5 Å². The fourth-order valence-corrected chi connectivity index (χ4v) is 2.42. The van der Waals surface area contributed by atoms with Crippen molar-refractivity contribution in [2.45, 2.75) is 40.4 Å². The van der Waals surface area contributed by atoms with Gasteiger partial charge in [0.05, 0.1) is 18.3 Å². The lowest BCUT2D eigenvalue weighted by molar-refractivity contribution is -0.137. The van der Waals surface area contributed by atoms with E-state index in [1.54, 1.807) is 0 Å². The van der Waals surface area contributed by atoms with E-state index in [9.17, 15) is 9.59 Å². The van der Waals surface area contributed by atoms with Crippen LogP contribution >= 0.6 is 0 Å². The van der Waals surface area contributed by atoms with Crippen LogP contribution in [0.15, 0.2) is 12.3 Å². The van der Waals surface area contributed by atoms with E-state index in [1.165, 1.54) is 10.9 Å². The Balaban J connectivity index is 2.01. The minimum Gasteiger partial charge on any atom is -0.480 e. The van der Waals surface area contributed by atoms with Crippen LogP contribution in [0.4, 0.5) is 0 Å². The van der Waals surface area contributed by atoms with E-state index >= 15 is 0 Å². The van der Waals surface area contributed by atoms with E-state index < -0.39 is 5.97 Å². The maximum Gasteiger partial charge on any atom is 0.325 e. The summed E-state index contributed by atoms with van der Waals surface area (Å²) in [6.45, 7) is 6.67. The highest BCUT2D eigenvalue weighted by Gasteiger charge is 2.15. The number of nitrogens with one attached hydrogen (secondary N) is 1. The summed E-state index contributed by atoms with van der Waals surface area (Å²) in [6.07, 6.45) is 1.50. The zero-order chi connectivity index (χ0) is 16.3. The molecule has 0 saturated carbocycles. The summed E-state index contributed by atoms with van der Waals surface area (Å²) in [4.78, 5) is 22.8. The fourth-order valence-electron chi connectivity index (χ4n) is 2.42. The molecule has 8 heteroatoms. The van der Waals surface area contributed by atoms with Crippen LogP contribution in [0.2, 0.25) is 0 Å². The number of carboxylic acids is 1. The standard InChI is InChI=1S/C14H19N5O3/c1-4-19-9(2)5-12(10(19)3)14(22)15-6-11-7-18(17-16-11)8-13(20)21/h5,7H,4,6,8H2,1-3H3,(H,15,22)(H,20,21). The number of hydrogen-bond acceptors (Lipinski definition) is 4. The molecule has 0 aliphatic rings. The number of nitrogens with zero attached hydrogens (tertiary/aromatic N) is 4. The second-order valence-electron chi connectivity index (χ2n) is 5.01. The van der Waals surface area contributed by atoms with Crippen LogP contribution in [0.25, 0.3) is 0 Å². The molecule has 2 heterocycles. The molecule has 2 aromatic rings. The van der Waals surface area contributed by atoms with Crippen molar-refractivity contribution < 1.29 is 14.7 Å². The molecule has 0 fully saturated rings. The highest BCUT2D eigenvalue weighted by atomic mass is 16.4. The zero-order valence-corrected chi connectivity index (χ0v) is 12.8. The van der Waals surface area contributed by atoms with Crippen LogP contribution in [0.1, 0.15) is 34.4 Å². The number of rotatable bonds is 6. The van der Waals surface area contributed by atoms with Gasteiger partial charge in [-0.2, -0.15) is 0 Å². The van der Waals surface area contributed by atoms with Gasteiger partial charge in [-0.25, -0.2) is 4.68 Å². The van der Waals surface area contributed by atoms with Crippen molar-refractivity contribution in [2.24, 2.45) is 0 Å². The fraction of sp³-hybridized carbons (Fsp3) is 0.429. The van der Waals surface area contributed by atoms with Gasteiger partial charge >= 0.3 is 5.97 Å². The summed E-state index contributed by atoms with van der Waals surface area (Å²) >= 11 is 0. The van der Waals surface area contributed by atoms with Crippen molar-refractivity contribution in [1.29, 1.82) is 0 Å². The Hall–Kier alpha value is -2.64. The number of carbonyl (C=O) groups excluding carboxylic acids is 1. The number of carbonyl (C=O) groups is 2. The summed E-state index contributed by atoms with van der Waals surface area (Å²) in [7, 11) is 0. The number of aliphatic carboxylic acids is 1. The van der Waals surface area contributed by atoms with Gasteiger partial charge < -0.3 is 15.0 Å². The maximum absolute atomic E-state index is 12.2. The van der Waals surface area contributed by atoms with E-state index in [4.69, 9.17) is 5.11 Å². The Kier molecular flexibility index (Phi) is 4.59. The van der Waals surface area contributed by atoms with E-state index in [0.29, 0.717) is 11.3 Å². The van der Waals surface area contributed by atoms with Crippen LogP contribution < -0.4 is 5.32 Å². The Morgan fingerprint density at radius 3 is 2.68 bits per heavy atom. The van der Waals surface area contributed by atoms with Crippen molar-refractivity contribution in [1.82, 2.24) is 24.9 Å². The first-order chi connectivity index (χ1) is 10.4. The predicted molar refractivity (Wildman–Crippen MR) is 78.4 cm³/mol. The van der Waals surface area contributed by atoms with Gasteiger partial charge in [0, 0.05) is 17.9 Å². The van der Waals surface area contributed by atoms with Gasteiger partial charge in [-0.05, 0) is 26.8 Å². The molecule has 118 valence electrons. The normalized spacial score (nSPS) is 10.7. The molecule has 0 radical (unpaired) electrons. The Bertz CT molecular complexity index is 701. The molecular formula is C14H19N5O3. The molecule has 0 bridgehead atoms. The lowest BCUT2D eigenvalue weighted by atomic mass is 10.2. The smallest absolute Gasteiger partial charge is 0.325 e. The molecule has 1 amide bonds. The largest absolute Gasteiger partial charge is 0.480 e. The second-order valence-corrected chi connectivity index (χ2v) is 5.01. The molecule has 2 rings (SSSR count). The summed E-state index contributed by atoms with van der Waals surface area (Å²) in [5.74, 6) is -1.17. The van der Waals surface area contributed by atoms with E-state index in [2.05, 4.69) is 20.2 Å². The van der Waals surface area contributed by atoms with Crippen molar-refractivity contribution in [3.05, 3.63) is 34.9 Å². The molecule has 0 aromatic carbocycles. The average molecular weight is 305 g/mol. The Morgan fingerprint density at radius 1 is 1.36 bits per heavy atom. The Labute approximate surface area is 127 Å². The molecule has 2 aromatic heterocycles.